The summed E-state index contributed by atoms with van der Waals surface area (Å²) in [6.07, 6.45) is 0.294. The Bertz CT molecular complexity index is 573. The first-order valence-electron chi connectivity index (χ1n) is 6.60. The fraction of sp³-hybridized carbons (Fsp3) is 0.357. The van der Waals surface area contributed by atoms with Crippen LogP contribution in [-0.4, -0.2) is 40.5 Å². The number of rotatable bonds is 4. The van der Waals surface area contributed by atoms with Gasteiger partial charge in [0, 0.05) is 13.1 Å². The molecule has 7 heteroatoms. The molecule has 0 aromatic heterocycles. The Balaban J connectivity index is 2.01. The highest BCUT2D eigenvalue weighted by Crippen LogP contribution is 2.18. The first kappa shape index (κ1) is 14.8. The van der Waals surface area contributed by atoms with Crippen LogP contribution in [-0.2, 0) is 22.6 Å². The highest BCUT2D eigenvalue weighted by atomic mass is 16.4. The van der Waals surface area contributed by atoms with Crippen molar-refractivity contribution in [3.05, 3.63) is 35.4 Å². The second-order valence-corrected chi connectivity index (χ2v) is 4.95. The predicted octanol–water partition coefficient (Wildman–Crippen LogP) is 0.0829. The van der Waals surface area contributed by atoms with Crippen molar-refractivity contribution in [3.8, 4) is 0 Å². The van der Waals surface area contributed by atoms with Crippen LogP contribution in [0.3, 0.4) is 0 Å². The van der Waals surface area contributed by atoms with Crippen molar-refractivity contribution in [3.63, 3.8) is 0 Å². The molecule has 0 saturated heterocycles. The van der Waals surface area contributed by atoms with Crippen molar-refractivity contribution in [2.24, 2.45) is 5.73 Å². The van der Waals surface area contributed by atoms with Crippen LogP contribution >= 0.6 is 0 Å². The fourth-order valence-corrected chi connectivity index (χ4v) is 2.31. The summed E-state index contributed by atoms with van der Waals surface area (Å²) in [5.41, 5.74) is 7.21. The van der Waals surface area contributed by atoms with E-state index in [2.05, 4.69) is 5.32 Å². The van der Waals surface area contributed by atoms with Crippen LogP contribution in [0.5, 0.6) is 0 Å². The number of nitrogens with two attached hydrogens (primary N) is 1. The van der Waals surface area contributed by atoms with E-state index >= 15 is 0 Å². The maximum Gasteiger partial charge on any atom is 0.326 e. The number of benzene rings is 1. The van der Waals surface area contributed by atoms with Crippen LogP contribution in [0.25, 0.3) is 0 Å². The number of carboxylic acid groups (broad SMARTS) is 1. The highest BCUT2D eigenvalue weighted by molar-refractivity contribution is 5.87. The molecule has 7 nitrogen and oxygen atoms in total. The summed E-state index contributed by atoms with van der Waals surface area (Å²) in [5, 5.41) is 11.3. The van der Waals surface area contributed by atoms with Crippen molar-refractivity contribution in [2.45, 2.75) is 25.4 Å². The topological polar surface area (TPSA) is 113 Å². The third-order valence-electron chi connectivity index (χ3n) is 3.42. The highest BCUT2D eigenvalue weighted by Gasteiger charge is 2.26. The first-order valence-corrected chi connectivity index (χ1v) is 6.60. The van der Waals surface area contributed by atoms with E-state index < -0.39 is 30.4 Å². The van der Waals surface area contributed by atoms with E-state index in [-0.39, 0.29) is 0 Å². The zero-order chi connectivity index (χ0) is 15.4. The summed E-state index contributed by atoms with van der Waals surface area (Å²) < 4.78 is 0. The lowest BCUT2D eigenvalue weighted by atomic mass is 10.0. The summed E-state index contributed by atoms with van der Waals surface area (Å²) in [4.78, 5) is 35.5. The third-order valence-corrected chi connectivity index (χ3v) is 3.42. The second-order valence-electron chi connectivity index (χ2n) is 4.95. The molecule has 21 heavy (non-hydrogen) atoms. The van der Waals surface area contributed by atoms with Gasteiger partial charge in [-0.2, -0.15) is 0 Å². The van der Waals surface area contributed by atoms with Crippen molar-refractivity contribution >= 4 is 17.9 Å². The number of carbonyl (C=O) groups excluding carboxylic acids is 2. The van der Waals surface area contributed by atoms with E-state index in [1.54, 1.807) is 0 Å². The number of carbonyl (C=O) groups is 3. The van der Waals surface area contributed by atoms with Gasteiger partial charge < -0.3 is 21.1 Å². The van der Waals surface area contributed by atoms with E-state index in [1.165, 1.54) is 10.5 Å². The Morgan fingerprint density at radius 2 is 1.95 bits per heavy atom. The number of amides is 3. The molecule has 1 atom stereocenters. The van der Waals surface area contributed by atoms with E-state index in [0.29, 0.717) is 13.1 Å². The molecule has 0 spiro atoms. The van der Waals surface area contributed by atoms with Crippen molar-refractivity contribution < 1.29 is 19.5 Å². The normalized spacial score (nSPS) is 15.0. The average molecular weight is 291 g/mol. The maximum absolute atomic E-state index is 12.1. The van der Waals surface area contributed by atoms with Gasteiger partial charge in [-0.3, -0.25) is 4.79 Å². The van der Waals surface area contributed by atoms with Gasteiger partial charge in [0.25, 0.3) is 0 Å². The molecular formula is C14H17N3O4. The molecule has 1 aromatic rings. The Morgan fingerprint density at radius 3 is 2.57 bits per heavy atom. The summed E-state index contributed by atoms with van der Waals surface area (Å²) >= 11 is 0. The van der Waals surface area contributed by atoms with E-state index in [9.17, 15) is 14.4 Å². The number of fused-ring (bicyclic) bond motifs is 1. The van der Waals surface area contributed by atoms with E-state index in [1.807, 2.05) is 24.3 Å². The zero-order valence-corrected chi connectivity index (χ0v) is 11.4. The molecule has 1 unspecified atom stereocenters. The Morgan fingerprint density at radius 1 is 1.29 bits per heavy atom. The average Bonchev–Trinajstić information content (AvgIpc) is 2.45. The molecule has 0 fully saturated rings. The summed E-state index contributed by atoms with van der Waals surface area (Å²) in [5.74, 6) is -2.05. The minimum Gasteiger partial charge on any atom is -0.480 e. The molecule has 0 aliphatic carbocycles. The van der Waals surface area contributed by atoms with Gasteiger partial charge in [0.15, 0.2) is 0 Å². The number of nitrogens with one attached hydrogen (secondary N) is 1. The van der Waals surface area contributed by atoms with Crippen LogP contribution in [0.4, 0.5) is 4.79 Å². The van der Waals surface area contributed by atoms with Crippen LogP contribution in [0, 0.1) is 0 Å². The second kappa shape index (κ2) is 6.25. The third kappa shape index (κ3) is 3.71. The standard InChI is InChI=1S/C14H17N3O4/c15-12(18)7-11(13(19)20)16-14(21)17-6-5-9-3-1-2-4-10(9)8-17/h1-4,11H,5-8H2,(H2,15,18)(H,16,21)(H,19,20). The molecule has 0 saturated carbocycles. The Hall–Kier alpha value is -2.57. The van der Waals surface area contributed by atoms with Gasteiger partial charge >= 0.3 is 12.0 Å². The van der Waals surface area contributed by atoms with Crippen LogP contribution < -0.4 is 11.1 Å². The number of nitrogens with zero attached hydrogens (tertiary/aromatic N) is 1. The Labute approximate surface area is 121 Å². The molecule has 3 amide bonds. The molecule has 1 heterocycles. The van der Waals surface area contributed by atoms with Gasteiger partial charge in [0.1, 0.15) is 6.04 Å². The molecule has 1 aliphatic rings. The molecule has 0 bridgehead atoms. The fourth-order valence-electron chi connectivity index (χ4n) is 2.31. The lowest BCUT2D eigenvalue weighted by Crippen LogP contribution is -2.50. The molecule has 1 aliphatic heterocycles. The van der Waals surface area contributed by atoms with Gasteiger partial charge in [-0.05, 0) is 17.5 Å². The van der Waals surface area contributed by atoms with Crippen molar-refractivity contribution in [1.29, 1.82) is 0 Å². The maximum atomic E-state index is 12.1. The van der Waals surface area contributed by atoms with Gasteiger partial charge in [-0.25, -0.2) is 9.59 Å². The predicted molar refractivity (Wildman–Crippen MR) is 74.3 cm³/mol. The number of urea groups is 1. The molecule has 2 rings (SSSR count). The van der Waals surface area contributed by atoms with Crippen LogP contribution in [0.15, 0.2) is 24.3 Å². The molecular weight excluding hydrogens is 274 g/mol. The number of primary amides is 1. The first-order chi connectivity index (χ1) is 9.97. The summed E-state index contributed by atoms with van der Waals surface area (Å²) in [6.45, 7) is 0.927. The van der Waals surface area contributed by atoms with Crippen molar-refractivity contribution in [2.75, 3.05) is 6.54 Å². The number of hydrogen-bond donors (Lipinski definition) is 3. The van der Waals surface area contributed by atoms with Crippen LogP contribution in [0.1, 0.15) is 17.5 Å². The summed E-state index contributed by atoms with van der Waals surface area (Å²) in [6, 6.07) is 5.99. The zero-order valence-electron chi connectivity index (χ0n) is 11.4. The smallest absolute Gasteiger partial charge is 0.326 e. The molecule has 4 N–H and O–H groups in total. The molecule has 1 aromatic carbocycles. The number of aliphatic carboxylic acids is 1. The SMILES string of the molecule is NC(=O)CC(NC(=O)N1CCc2ccccc2C1)C(=O)O. The van der Waals surface area contributed by atoms with Crippen LogP contribution in [0.2, 0.25) is 0 Å². The van der Waals surface area contributed by atoms with E-state index in [4.69, 9.17) is 10.8 Å². The van der Waals surface area contributed by atoms with E-state index in [0.717, 1.165) is 12.0 Å². The van der Waals surface area contributed by atoms with Crippen molar-refractivity contribution in [1.82, 2.24) is 10.2 Å². The molecule has 112 valence electrons. The molecule has 0 radical (unpaired) electrons. The minimum atomic E-state index is -1.30. The largest absolute Gasteiger partial charge is 0.480 e. The lowest BCUT2D eigenvalue weighted by molar-refractivity contribution is -0.141. The van der Waals surface area contributed by atoms with Gasteiger partial charge in [0.2, 0.25) is 5.91 Å². The minimum absolute atomic E-state index is 0.422. The number of carboxylic acids is 1. The lowest BCUT2D eigenvalue weighted by Gasteiger charge is -2.29. The Kier molecular flexibility index (Phi) is 4.42. The number of hydrogen-bond acceptors (Lipinski definition) is 3. The summed E-state index contributed by atoms with van der Waals surface area (Å²) in [7, 11) is 0. The quantitative estimate of drug-likeness (QED) is 0.729. The van der Waals surface area contributed by atoms with Gasteiger partial charge in [-0.1, -0.05) is 24.3 Å². The monoisotopic (exact) mass is 291 g/mol. The van der Waals surface area contributed by atoms with Gasteiger partial charge in [-0.15, -0.1) is 0 Å². The van der Waals surface area contributed by atoms with Gasteiger partial charge in [0.05, 0.1) is 6.42 Å².